The molecule has 0 aromatic carbocycles. The molecule has 0 radical (unpaired) electrons. The van der Waals surface area contributed by atoms with E-state index < -0.39 is 0 Å². The van der Waals surface area contributed by atoms with E-state index in [4.69, 9.17) is 10.00 Å². The summed E-state index contributed by atoms with van der Waals surface area (Å²) in [6, 6.07) is 2.13. The van der Waals surface area contributed by atoms with Gasteiger partial charge in [-0.05, 0) is 0 Å². The summed E-state index contributed by atoms with van der Waals surface area (Å²) in [4.78, 5) is 5.01. The Morgan fingerprint density at radius 3 is 2.77 bits per heavy atom. The van der Waals surface area contributed by atoms with Crippen molar-refractivity contribution in [1.29, 1.82) is 5.26 Å². The largest absolute Gasteiger partial charge is 0.378 e. The second-order valence-corrected chi connectivity index (χ2v) is 4.06. The van der Waals surface area contributed by atoms with Crippen molar-refractivity contribution in [2.75, 3.05) is 7.11 Å². The van der Waals surface area contributed by atoms with Crippen molar-refractivity contribution in [1.82, 2.24) is 4.98 Å². The number of thiazole rings is 1. The molecular weight excluding hydrogens is 184 g/mol. The highest BCUT2D eigenvalue weighted by molar-refractivity contribution is 7.12. The Kier molecular flexibility index (Phi) is 3.40. The highest BCUT2D eigenvalue weighted by Gasteiger charge is 2.12. The monoisotopic (exact) mass is 196 g/mol. The van der Waals surface area contributed by atoms with Crippen LogP contribution in [0.2, 0.25) is 0 Å². The molecular formula is C9H12N2OS. The first-order valence-electron chi connectivity index (χ1n) is 4.07. The first kappa shape index (κ1) is 10.2. The molecule has 13 heavy (non-hydrogen) atoms. The minimum absolute atomic E-state index is 0.378. The summed E-state index contributed by atoms with van der Waals surface area (Å²) in [5, 5.41) is 9.81. The molecule has 0 spiro atoms. The molecule has 1 aromatic rings. The van der Waals surface area contributed by atoms with Gasteiger partial charge in [0.2, 0.25) is 0 Å². The number of hydrogen-bond donors (Lipinski definition) is 0. The summed E-state index contributed by atoms with van der Waals surface area (Å²) >= 11 is 1.46. The van der Waals surface area contributed by atoms with Gasteiger partial charge in [0.1, 0.15) is 10.9 Å². The van der Waals surface area contributed by atoms with Crippen molar-refractivity contribution in [2.24, 2.45) is 0 Å². The number of hydrogen-bond acceptors (Lipinski definition) is 4. The van der Waals surface area contributed by atoms with E-state index in [1.165, 1.54) is 11.3 Å². The maximum atomic E-state index is 8.81. The Bertz CT molecular complexity index is 325. The summed E-state index contributed by atoms with van der Waals surface area (Å²) in [6.45, 7) is 4.55. The molecule has 0 aliphatic carbocycles. The van der Waals surface area contributed by atoms with Gasteiger partial charge in [-0.3, -0.25) is 0 Å². The molecule has 0 atom stereocenters. The standard InChI is InChI=1S/C9H12N2OS/c1-6(2)9-11-7(5-12-3)8(4-10)13-9/h6H,5H2,1-3H3. The Balaban J connectivity index is 2.99. The molecule has 4 heteroatoms. The average molecular weight is 196 g/mol. The van der Waals surface area contributed by atoms with Crippen molar-refractivity contribution in [2.45, 2.75) is 26.4 Å². The van der Waals surface area contributed by atoms with Crippen LogP contribution in [0.15, 0.2) is 0 Å². The lowest BCUT2D eigenvalue weighted by molar-refractivity contribution is 0.181. The van der Waals surface area contributed by atoms with Gasteiger partial charge in [0.05, 0.1) is 17.3 Å². The quantitative estimate of drug-likeness (QED) is 0.745. The Hall–Kier alpha value is -0.920. The Labute approximate surface area is 82.0 Å². The van der Waals surface area contributed by atoms with Crippen LogP contribution in [0, 0.1) is 11.3 Å². The van der Waals surface area contributed by atoms with E-state index in [-0.39, 0.29) is 0 Å². The molecule has 0 amide bonds. The van der Waals surface area contributed by atoms with E-state index in [9.17, 15) is 0 Å². The van der Waals surface area contributed by atoms with Crippen LogP contribution in [0.5, 0.6) is 0 Å². The molecule has 0 saturated heterocycles. The summed E-state index contributed by atoms with van der Waals surface area (Å²) in [5.41, 5.74) is 0.763. The highest BCUT2D eigenvalue weighted by Crippen LogP contribution is 2.24. The van der Waals surface area contributed by atoms with Gasteiger partial charge in [0, 0.05) is 13.0 Å². The van der Waals surface area contributed by atoms with E-state index >= 15 is 0 Å². The van der Waals surface area contributed by atoms with Crippen LogP contribution in [0.4, 0.5) is 0 Å². The van der Waals surface area contributed by atoms with Gasteiger partial charge in [-0.1, -0.05) is 13.8 Å². The van der Waals surface area contributed by atoms with Crippen molar-refractivity contribution in [3.05, 3.63) is 15.6 Å². The van der Waals surface area contributed by atoms with Gasteiger partial charge in [-0.15, -0.1) is 11.3 Å². The third-order valence-corrected chi connectivity index (χ3v) is 2.89. The average Bonchev–Trinajstić information content (AvgIpc) is 2.48. The van der Waals surface area contributed by atoms with Crippen LogP contribution in [0.3, 0.4) is 0 Å². The van der Waals surface area contributed by atoms with Gasteiger partial charge in [-0.2, -0.15) is 5.26 Å². The number of nitriles is 1. The first-order valence-corrected chi connectivity index (χ1v) is 4.89. The van der Waals surface area contributed by atoms with Gasteiger partial charge in [-0.25, -0.2) is 4.98 Å². The Morgan fingerprint density at radius 2 is 2.31 bits per heavy atom. The fraction of sp³-hybridized carbons (Fsp3) is 0.556. The number of rotatable bonds is 3. The van der Waals surface area contributed by atoms with Crippen LogP contribution >= 0.6 is 11.3 Å². The number of methoxy groups -OCH3 is 1. The first-order chi connectivity index (χ1) is 6.19. The third-order valence-electron chi connectivity index (χ3n) is 1.59. The van der Waals surface area contributed by atoms with E-state index in [2.05, 4.69) is 24.9 Å². The predicted molar refractivity (Wildman–Crippen MR) is 51.6 cm³/mol. The van der Waals surface area contributed by atoms with Crippen LogP contribution in [0.25, 0.3) is 0 Å². The summed E-state index contributed by atoms with van der Waals surface area (Å²) in [6.07, 6.45) is 0. The van der Waals surface area contributed by atoms with Crippen molar-refractivity contribution in [3.63, 3.8) is 0 Å². The van der Waals surface area contributed by atoms with Crippen LogP contribution in [-0.2, 0) is 11.3 Å². The van der Waals surface area contributed by atoms with E-state index in [0.717, 1.165) is 10.7 Å². The van der Waals surface area contributed by atoms with Gasteiger partial charge in [0.25, 0.3) is 0 Å². The fourth-order valence-electron chi connectivity index (χ4n) is 0.939. The van der Waals surface area contributed by atoms with Gasteiger partial charge in [0.15, 0.2) is 0 Å². The number of ether oxygens (including phenoxy) is 1. The highest BCUT2D eigenvalue weighted by atomic mass is 32.1. The van der Waals surface area contributed by atoms with Gasteiger partial charge < -0.3 is 4.74 Å². The molecule has 0 saturated carbocycles. The lowest BCUT2D eigenvalue weighted by Gasteiger charge is -1.96. The minimum Gasteiger partial charge on any atom is -0.378 e. The summed E-state index contributed by atoms with van der Waals surface area (Å²) in [7, 11) is 1.61. The summed E-state index contributed by atoms with van der Waals surface area (Å²) in [5.74, 6) is 0.378. The lowest BCUT2D eigenvalue weighted by Crippen LogP contribution is -1.92. The molecule has 0 bridgehead atoms. The molecule has 0 aliphatic heterocycles. The zero-order valence-electron chi connectivity index (χ0n) is 8.00. The maximum Gasteiger partial charge on any atom is 0.130 e. The second-order valence-electron chi connectivity index (χ2n) is 3.03. The fourth-order valence-corrected chi connectivity index (χ4v) is 1.81. The lowest BCUT2D eigenvalue weighted by atomic mass is 10.2. The summed E-state index contributed by atoms with van der Waals surface area (Å²) < 4.78 is 4.96. The minimum atomic E-state index is 0.378. The SMILES string of the molecule is COCc1nc(C(C)C)sc1C#N. The maximum absolute atomic E-state index is 8.81. The molecule has 1 heterocycles. The van der Waals surface area contributed by atoms with E-state index in [0.29, 0.717) is 17.4 Å². The molecule has 0 N–H and O–H groups in total. The number of nitrogens with zero attached hydrogens (tertiary/aromatic N) is 2. The zero-order valence-corrected chi connectivity index (χ0v) is 8.81. The van der Waals surface area contributed by atoms with Crippen molar-refractivity contribution < 1.29 is 4.74 Å². The molecule has 3 nitrogen and oxygen atoms in total. The topological polar surface area (TPSA) is 45.9 Å². The molecule has 0 unspecified atom stereocenters. The Morgan fingerprint density at radius 1 is 1.62 bits per heavy atom. The third kappa shape index (κ3) is 2.27. The zero-order chi connectivity index (χ0) is 9.84. The second kappa shape index (κ2) is 4.35. The van der Waals surface area contributed by atoms with Crippen molar-refractivity contribution in [3.8, 4) is 6.07 Å². The van der Waals surface area contributed by atoms with Crippen LogP contribution < -0.4 is 0 Å². The van der Waals surface area contributed by atoms with Crippen molar-refractivity contribution >= 4 is 11.3 Å². The normalized spacial score (nSPS) is 10.4. The van der Waals surface area contributed by atoms with Gasteiger partial charge >= 0.3 is 0 Å². The number of aromatic nitrogens is 1. The predicted octanol–water partition coefficient (Wildman–Crippen LogP) is 2.28. The van der Waals surface area contributed by atoms with E-state index in [1.807, 2.05) is 0 Å². The molecule has 0 aliphatic rings. The molecule has 70 valence electrons. The smallest absolute Gasteiger partial charge is 0.130 e. The molecule has 1 aromatic heterocycles. The molecule has 0 fully saturated rings. The van der Waals surface area contributed by atoms with E-state index in [1.54, 1.807) is 7.11 Å². The van der Waals surface area contributed by atoms with Crippen LogP contribution in [0.1, 0.15) is 35.3 Å². The molecule has 1 rings (SSSR count). The van der Waals surface area contributed by atoms with Crippen LogP contribution in [-0.4, -0.2) is 12.1 Å².